The first-order chi connectivity index (χ1) is 8.77. The molecule has 1 unspecified atom stereocenters. The van der Waals surface area contributed by atoms with E-state index in [-0.39, 0.29) is 12.4 Å². The van der Waals surface area contributed by atoms with Crippen LogP contribution in [0, 0.1) is 11.3 Å². The number of carbonyl (C=O) groups excluding carboxylic acids is 1. The summed E-state index contributed by atoms with van der Waals surface area (Å²) >= 11 is 0. The van der Waals surface area contributed by atoms with E-state index >= 15 is 0 Å². The SMILES string of the molecule is CCOC(=O)C(CCC#N)/N=C\c1ccccc1. The number of nitrogens with zero attached hydrogens (tertiary/aromatic N) is 2. The summed E-state index contributed by atoms with van der Waals surface area (Å²) in [5.74, 6) is -0.375. The summed E-state index contributed by atoms with van der Waals surface area (Å²) in [6.07, 6.45) is 2.31. The first-order valence-corrected chi connectivity index (χ1v) is 5.89. The molecule has 0 aliphatic carbocycles. The summed E-state index contributed by atoms with van der Waals surface area (Å²) in [4.78, 5) is 15.8. The van der Waals surface area contributed by atoms with Gasteiger partial charge >= 0.3 is 5.97 Å². The van der Waals surface area contributed by atoms with Crippen molar-refractivity contribution in [1.82, 2.24) is 0 Å². The van der Waals surface area contributed by atoms with Crippen molar-refractivity contribution in [2.45, 2.75) is 25.8 Å². The molecule has 0 saturated heterocycles. The fourth-order valence-electron chi connectivity index (χ4n) is 1.41. The predicted molar refractivity (Wildman–Crippen MR) is 69.3 cm³/mol. The van der Waals surface area contributed by atoms with Crippen LogP contribution in [0.25, 0.3) is 0 Å². The normalized spacial score (nSPS) is 12.0. The predicted octanol–water partition coefficient (Wildman–Crippen LogP) is 2.34. The molecule has 1 atom stereocenters. The molecule has 18 heavy (non-hydrogen) atoms. The van der Waals surface area contributed by atoms with E-state index in [9.17, 15) is 4.79 Å². The number of esters is 1. The minimum absolute atomic E-state index is 0.287. The number of nitriles is 1. The van der Waals surface area contributed by atoms with Crippen LogP contribution in [0.1, 0.15) is 25.3 Å². The van der Waals surface area contributed by atoms with Gasteiger partial charge in [0.05, 0.1) is 12.7 Å². The van der Waals surface area contributed by atoms with Crippen molar-refractivity contribution in [1.29, 1.82) is 5.26 Å². The van der Waals surface area contributed by atoms with Crippen molar-refractivity contribution < 1.29 is 9.53 Å². The Morgan fingerprint density at radius 3 is 2.83 bits per heavy atom. The number of hydrogen-bond donors (Lipinski definition) is 0. The molecule has 4 nitrogen and oxygen atoms in total. The largest absolute Gasteiger partial charge is 0.464 e. The van der Waals surface area contributed by atoms with Crippen LogP contribution >= 0.6 is 0 Å². The van der Waals surface area contributed by atoms with Crippen LogP contribution in [0.3, 0.4) is 0 Å². The molecule has 0 spiro atoms. The van der Waals surface area contributed by atoms with Crippen LogP contribution in [0.2, 0.25) is 0 Å². The third-order valence-electron chi connectivity index (χ3n) is 2.29. The van der Waals surface area contributed by atoms with E-state index in [1.165, 1.54) is 0 Å². The molecule has 0 aliphatic rings. The lowest BCUT2D eigenvalue weighted by Gasteiger charge is -2.09. The average molecular weight is 244 g/mol. The lowest BCUT2D eigenvalue weighted by atomic mass is 10.1. The van der Waals surface area contributed by atoms with Gasteiger partial charge in [0.15, 0.2) is 0 Å². The number of hydrogen-bond acceptors (Lipinski definition) is 4. The van der Waals surface area contributed by atoms with Gasteiger partial charge in [-0.2, -0.15) is 5.26 Å². The smallest absolute Gasteiger partial charge is 0.330 e. The fourth-order valence-corrected chi connectivity index (χ4v) is 1.41. The van der Waals surface area contributed by atoms with Gasteiger partial charge in [-0.3, -0.25) is 4.99 Å². The van der Waals surface area contributed by atoms with E-state index in [4.69, 9.17) is 10.00 Å². The van der Waals surface area contributed by atoms with E-state index < -0.39 is 6.04 Å². The Morgan fingerprint density at radius 1 is 1.50 bits per heavy atom. The van der Waals surface area contributed by atoms with E-state index in [1.807, 2.05) is 36.4 Å². The standard InChI is InChI=1S/C14H16N2O2/c1-2-18-14(17)13(9-6-10-15)16-11-12-7-4-3-5-8-12/h3-5,7-8,11,13H,2,6,9H2,1H3/b16-11-. The van der Waals surface area contributed by atoms with Crippen LogP contribution in [-0.4, -0.2) is 24.8 Å². The van der Waals surface area contributed by atoms with E-state index in [2.05, 4.69) is 4.99 Å². The zero-order valence-corrected chi connectivity index (χ0v) is 10.4. The van der Waals surface area contributed by atoms with Crippen LogP contribution in [-0.2, 0) is 9.53 Å². The van der Waals surface area contributed by atoms with Gasteiger partial charge in [0.2, 0.25) is 0 Å². The maximum Gasteiger partial charge on any atom is 0.330 e. The molecule has 4 heteroatoms. The Balaban J connectivity index is 2.69. The molecule has 1 rings (SSSR count). The first-order valence-electron chi connectivity index (χ1n) is 5.89. The van der Waals surface area contributed by atoms with E-state index in [1.54, 1.807) is 13.1 Å². The minimum atomic E-state index is -0.593. The molecule has 0 aliphatic heterocycles. The summed E-state index contributed by atoms with van der Waals surface area (Å²) in [5.41, 5.74) is 0.920. The van der Waals surface area contributed by atoms with Gasteiger partial charge in [0, 0.05) is 12.6 Å². The van der Waals surface area contributed by atoms with Gasteiger partial charge in [-0.15, -0.1) is 0 Å². The van der Waals surface area contributed by atoms with E-state index in [0.29, 0.717) is 13.0 Å². The number of carbonyl (C=O) groups is 1. The zero-order chi connectivity index (χ0) is 13.2. The lowest BCUT2D eigenvalue weighted by Crippen LogP contribution is -2.21. The molecule has 1 aromatic carbocycles. The molecule has 0 radical (unpaired) electrons. The van der Waals surface area contributed by atoms with Gasteiger partial charge in [0.25, 0.3) is 0 Å². The molecule has 94 valence electrons. The quantitative estimate of drug-likeness (QED) is 0.570. The molecular weight excluding hydrogens is 228 g/mol. The molecule has 0 saturated carbocycles. The van der Waals surface area contributed by atoms with Gasteiger partial charge in [-0.25, -0.2) is 4.79 Å². The fraction of sp³-hybridized carbons (Fsp3) is 0.357. The molecule has 0 bridgehead atoms. The van der Waals surface area contributed by atoms with Gasteiger partial charge in [-0.05, 0) is 18.9 Å². The average Bonchev–Trinajstić information content (AvgIpc) is 2.40. The molecule has 1 aromatic rings. The highest BCUT2D eigenvalue weighted by molar-refractivity contribution is 5.83. The Morgan fingerprint density at radius 2 is 2.22 bits per heavy atom. The second-order valence-electron chi connectivity index (χ2n) is 3.65. The summed E-state index contributed by atoms with van der Waals surface area (Å²) < 4.78 is 4.93. The van der Waals surface area contributed by atoms with Gasteiger partial charge in [0.1, 0.15) is 6.04 Å². The van der Waals surface area contributed by atoms with Crippen LogP contribution in [0.15, 0.2) is 35.3 Å². The maximum absolute atomic E-state index is 11.6. The summed E-state index contributed by atoms with van der Waals surface area (Å²) in [5, 5.41) is 8.56. The topological polar surface area (TPSA) is 62.5 Å². The van der Waals surface area contributed by atoms with Gasteiger partial charge < -0.3 is 4.74 Å². The number of aliphatic imine (C=N–C) groups is 1. The second kappa shape index (κ2) is 8.02. The molecule has 0 aromatic heterocycles. The number of benzene rings is 1. The lowest BCUT2D eigenvalue weighted by molar-refractivity contribution is -0.144. The van der Waals surface area contributed by atoms with Crippen molar-refractivity contribution in [3.05, 3.63) is 35.9 Å². The van der Waals surface area contributed by atoms with Crippen LogP contribution in [0.5, 0.6) is 0 Å². The van der Waals surface area contributed by atoms with Crippen molar-refractivity contribution in [2.24, 2.45) is 4.99 Å². The number of ether oxygens (including phenoxy) is 1. The molecule has 0 fully saturated rings. The molecule has 0 heterocycles. The highest BCUT2D eigenvalue weighted by atomic mass is 16.5. The monoisotopic (exact) mass is 244 g/mol. The third kappa shape index (κ3) is 4.79. The van der Waals surface area contributed by atoms with Crippen molar-refractivity contribution in [3.8, 4) is 6.07 Å². The summed E-state index contributed by atoms with van der Waals surface area (Å²) in [7, 11) is 0. The Bertz CT molecular complexity index is 435. The van der Waals surface area contributed by atoms with Crippen LogP contribution in [0.4, 0.5) is 0 Å². The van der Waals surface area contributed by atoms with Crippen molar-refractivity contribution >= 4 is 12.2 Å². The zero-order valence-electron chi connectivity index (χ0n) is 10.4. The molecular formula is C14H16N2O2. The maximum atomic E-state index is 11.6. The van der Waals surface area contributed by atoms with Crippen molar-refractivity contribution in [3.63, 3.8) is 0 Å². The second-order valence-corrected chi connectivity index (χ2v) is 3.65. The Hall–Kier alpha value is -2.15. The first kappa shape index (κ1) is 13.9. The summed E-state index contributed by atoms with van der Waals surface area (Å²) in [6, 6.07) is 10.9. The highest BCUT2D eigenvalue weighted by Crippen LogP contribution is 2.05. The molecule has 0 N–H and O–H groups in total. The van der Waals surface area contributed by atoms with E-state index in [0.717, 1.165) is 5.56 Å². The third-order valence-corrected chi connectivity index (χ3v) is 2.29. The Kier molecular flexibility index (Phi) is 6.20. The highest BCUT2D eigenvalue weighted by Gasteiger charge is 2.17. The Labute approximate surface area is 107 Å². The van der Waals surface area contributed by atoms with Crippen molar-refractivity contribution in [2.75, 3.05) is 6.61 Å². The van der Waals surface area contributed by atoms with Gasteiger partial charge in [-0.1, -0.05) is 30.3 Å². The summed E-state index contributed by atoms with van der Waals surface area (Å²) in [6.45, 7) is 2.07. The number of rotatable bonds is 6. The minimum Gasteiger partial charge on any atom is -0.464 e. The molecule has 0 amide bonds. The van der Waals surface area contributed by atoms with Crippen LogP contribution < -0.4 is 0 Å².